The van der Waals surface area contributed by atoms with Crippen molar-refractivity contribution in [1.82, 2.24) is 39.9 Å². The highest BCUT2D eigenvalue weighted by atomic mass is 31.2. The number of hydrogen-bond donors (Lipinski definition) is 19. The second kappa shape index (κ2) is 45.3. The number of nitrogen functional groups attached to an aromatic ring is 1. The van der Waals surface area contributed by atoms with Gasteiger partial charge in [0.25, 0.3) is 65.0 Å². The number of amides is 11. The molecular formula is C77H71N20O31P5. The lowest BCUT2D eigenvalue weighted by atomic mass is 10.2. The fourth-order valence-electron chi connectivity index (χ4n) is 10.7. The summed E-state index contributed by atoms with van der Waals surface area (Å²) in [6.45, 7) is -7.46. The lowest BCUT2D eigenvalue weighted by Gasteiger charge is -2.25. The number of benzene rings is 7. The Morgan fingerprint density at radius 1 is 0.263 bits per heavy atom. The standard InChI is InChI=1S/C77H71N20O31P5/c78-59-51(36-79-74(87-59)94-66(101)47-28-14-4-15-29-47)83-71(106)57(127-131(115,116)122-41-55(125-130(112,113)114)70(105)84-52-37-80-75(95-67(102)48-30-16-5-17-31-48)91-60(52)88-63(98)44-22-8-1-9-23-44)42-123-133(119,120)128-58(73(108)86-54-39-82-77(97-69(104)50-34-20-7-21-35-50)93-62(54)90-65(100)46-26-12-3-13-27-46)43-124-132(117,118)126-56(40-121-129(109,110)111)72(107)85-53-38-81-76(96-68(103)49-32-18-6-19-33-49)92-61(53)89-64(99)45-24-10-2-11-25-45/h1-39,55-58H,40-43H2,(H,83,106)(H,84,105)(H,85,107)(H,86,108)(H,115,116)(H,117,118)(H,119,120)(H2,109,110,111)(H2,112,113,114)(H3,78,79,87,94,101)(H2,80,88,91,95,98,102)(H2,81,89,92,96,99,103)(H2,82,90,93,97,100,104)/t55-,56-,57-,58-/m1/s1. The van der Waals surface area contributed by atoms with Gasteiger partial charge in [-0.05, 0) is 84.9 Å². The summed E-state index contributed by atoms with van der Waals surface area (Å²) in [6, 6.07) is 51.3. The zero-order valence-corrected chi connectivity index (χ0v) is 71.9. The normalized spacial score (nSPS) is 13.6. The molecule has 4 heterocycles. The lowest BCUT2D eigenvalue weighted by Crippen LogP contribution is -2.37. The van der Waals surface area contributed by atoms with E-state index < -0.39 is 225 Å². The van der Waals surface area contributed by atoms with E-state index in [2.05, 4.69) is 102 Å². The van der Waals surface area contributed by atoms with Gasteiger partial charge >= 0.3 is 39.1 Å². The van der Waals surface area contributed by atoms with Crippen LogP contribution in [0, 0.1) is 0 Å². The molecule has 7 atom stereocenters. The largest absolute Gasteiger partial charge is 0.473 e. The van der Waals surface area contributed by atoms with Crippen LogP contribution in [0.25, 0.3) is 0 Å². The van der Waals surface area contributed by atoms with E-state index in [1.165, 1.54) is 176 Å². The Morgan fingerprint density at radius 3 is 0.692 bits per heavy atom. The third-order valence-corrected chi connectivity index (χ3v) is 20.8. The number of rotatable bonds is 42. The second-order valence-electron chi connectivity index (χ2n) is 26.5. The van der Waals surface area contributed by atoms with Crippen molar-refractivity contribution >= 4 is 174 Å². The minimum atomic E-state index is -6.46. The maximum atomic E-state index is 14.9. The number of nitrogens with zero attached hydrogens (tertiary/aromatic N) is 8. The molecule has 11 amide bonds. The summed E-state index contributed by atoms with van der Waals surface area (Å²) in [4.78, 5) is 258. The molecule has 0 saturated heterocycles. The Bertz CT molecular complexity index is 6380. The highest BCUT2D eigenvalue weighted by molar-refractivity contribution is 7.48. The van der Waals surface area contributed by atoms with Gasteiger partial charge in [-0.25, -0.2) is 42.8 Å². The summed E-state index contributed by atoms with van der Waals surface area (Å²) in [7, 11) is -30.8. The summed E-state index contributed by atoms with van der Waals surface area (Å²) in [6.07, 6.45) is -8.66. The van der Waals surface area contributed by atoms with Crippen LogP contribution in [-0.2, 0) is 78.2 Å². The number of nitrogens with two attached hydrogens (primary N) is 1. The molecule has 0 aliphatic carbocycles. The highest BCUT2D eigenvalue weighted by Crippen LogP contribution is 2.51. The van der Waals surface area contributed by atoms with Crippen molar-refractivity contribution in [3.8, 4) is 0 Å². The number of anilines is 12. The van der Waals surface area contributed by atoms with Gasteiger partial charge < -0.3 is 77.2 Å². The highest BCUT2D eigenvalue weighted by Gasteiger charge is 2.42. The minimum absolute atomic E-state index is 0.00811. The Morgan fingerprint density at radius 2 is 0.466 bits per heavy atom. The van der Waals surface area contributed by atoms with Crippen molar-refractivity contribution in [2.24, 2.45) is 0 Å². The van der Waals surface area contributed by atoms with Crippen LogP contribution in [-0.4, -0.2) is 190 Å². The quantitative estimate of drug-likeness (QED) is 0.0169. The van der Waals surface area contributed by atoms with Crippen LogP contribution in [0.1, 0.15) is 72.5 Å². The van der Waals surface area contributed by atoms with Crippen LogP contribution in [0.15, 0.2) is 237 Å². The Balaban J connectivity index is 0.897. The van der Waals surface area contributed by atoms with Gasteiger partial charge in [0.15, 0.2) is 47.7 Å². The molecule has 0 fully saturated rings. The van der Waals surface area contributed by atoms with Gasteiger partial charge in [0.1, 0.15) is 22.7 Å². The van der Waals surface area contributed by atoms with E-state index in [0.29, 0.717) is 6.20 Å². The van der Waals surface area contributed by atoms with E-state index in [1.54, 1.807) is 36.4 Å². The van der Waals surface area contributed by atoms with Crippen LogP contribution in [0.4, 0.5) is 69.8 Å². The zero-order chi connectivity index (χ0) is 95.6. The van der Waals surface area contributed by atoms with Crippen LogP contribution >= 0.6 is 39.1 Å². The SMILES string of the molecule is Nc1nc(NC(=O)c2ccccc2)ncc1NC(=O)[C@@H](COP(=O)(O)O[C@H](COP(=O)(O)O[C@H](COP(=O)(O)O)C(=O)Nc1cnc(NC(=O)c2ccccc2)nc1NC(=O)c1ccccc1)C(=O)Nc1cnc(NC(=O)c2ccccc2)nc1NC(=O)c1ccccc1)OP(=O)(O)OC[C@@H](OP(=O)(O)O)C(=O)Nc1cnc(NC(=O)c2ccccc2)nc1NC(=O)c1ccccc1. The molecule has 690 valence electrons. The number of carbonyl (C=O) groups excluding carboxylic acids is 11. The third kappa shape index (κ3) is 30.8. The van der Waals surface area contributed by atoms with Crippen LogP contribution < -0.4 is 64.2 Å². The first kappa shape index (κ1) is 99.0. The van der Waals surface area contributed by atoms with Crippen molar-refractivity contribution < 1.29 is 146 Å². The molecule has 0 bridgehead atoms. The third-order valence-electron chi connectivity index (χ3n) is 16.8. The fraction of sp³-hybridized carbons (Fsp3) is 0.104. The molecule has 0 aliphatic heterocycles. The number of phosphoric acid groups is 5. The van der Waals surface area contributed by atoms with E-state index in [-0.39, 0.29) is 38.9 Å². The van der Waals surface area contributed by atoms with Gasteiger partial charge in [-0.3, -0.25) is 110 Å². The van der Waals surface area contributed by atoms with Crippen LogP contribution in [0.2, 0.25) is 0 Å². The van der Waals surface area contributed by atoms with Crippen molar-refractivity contribution in [2.75, 3.05) is 90.6 Å². The van der Waals surface area contributed by atoms with Gasteiger partial charge in [-0.15, -0.1) is 0 Å². The number of nitrogens with one attached hydrogen (secondary N) is 11. The zero-order valence-electron chi connectivity index (χ0n) is 67.5. The number of hydrogen-bond acceptors (Lipinski definition) is 33. The number of phosphoric ester groups is 5. The maximum Gasteiger partial charge on any atom is 0.473 e. The summed E-state index contributed by atoms with van der Waals surface area (Å²) < 4.78 is 108. The number of carbonyl (C=O) groups is 11. The van der Waals surface area contributed by atoms with Gasteiger partial charge in [-0.1, -0.05) is 127 Å². The molecule has 4 aromatic heterocycles. The molecule has 7 aromatic carbocycles. The molecule has 0 radical (unpaired) electrons. The molecule has 11 rings (SSSR count). The van der Waals surface area contributed by atoms with Crippen LogP contribution in [0.5, 0.6) is 0 Å². The smallest absolute Gasteiger partial charge is 0.382 e. The lowest BCUT2D eigenvalue weighted by molar-refractivity contribution is -0.128. The van der Waals surface area contributed by atoms with Gasteiger partial charge in [0.2, 0.25) is 23.8 Å². The van der Waals surface area contributed by atoms with E-state index in [0.717, 1.165) is 18.6 Å². The predicted molar refractivity (Wildman–Crippen MR) is 465 cm³/mol. The molecule has 0 saturated carbocycles. The Labute approximate surface area is 747 Å². The molecule has 0 spiro atoms. The van der Waals surface area contributed by atoms with Gasteiger partial charge in [-0.2, -0.15) is 19.9 Å². The monoisotopic (exact) mass is 1930 g/mol. The van der Waals surface area contributed by atoms with E-state index in [1.807, 2.05) is 5.32 Å². The summed E-state index contributed by atoms with van der Waals surface area (Å²) >= 11 is 0. The van der Waals surface area contributed by atoms with Crippen molar-refractivity contribution in [1.29, 1.82) is 0 Å². The van der Waals surface area contributed by atoms with E-state index >= 15 is 0 Å². The number of aromatic nitrogens is 8. The van der Waals surface area contributed by atoms with Gasteiger partial charge in [0, 0.05) is 38.9 Å². The van der Waals surface area contributed by atoms with Crippen LogP contribution in [0.3, 0.4) is 0 Å². The van der Waals surface area contributed by atoms with E-state index in [9.17, 15) is 110 Å². The molecule has 11 aromatic rings. The topological polar surface area (TPSA) is 750 Å². The predicted octanol–water partition coefficient (Wildman–Crippen LogP) is 7.14. The molecule has 3 unspecified atom stereocenters. The van der Waals surface area contributed by atoms with Crippen molar-refractivity contribution in [3.63, 3.8) is 0 Å². The maximum absolute atomic E-state index is 14.9. The summed E-state index contributed by atoms with van der Waals surface area (Å²) in [5.74, 6) is -17.9. The molecule has 51 nitrogen and oxygen atoms in total. The Hall–Kier alpha value is -14.6. The Kier molecular flexibility index (Phi) is 33.7. The first-order valence-corrected chi connectivity index (χ1v) is 45.2. The molecule has 133 heavy (non-hydrogen) atoms. The molecule has 56 heteroatoms. The first-order valence-electron chi connectivity index (χ1n) is 37.7. The minimum Gasteiger partial charge on any atom is -0.382 e. The molecule has 0 aliphatic rings. The van der Waals surface area contributed by atoms with Gasteiger partial charge in [0.05, 0.1) is 51.2 Å². The second-order valence-corrected chi connectivity index (χ2v) is 33.2. The fourth-order valence-corrected chi connectivity index (χ4v) is 14.1. The van der Waals surface area contributed by atoms with Crippen molar-refractivity contribution in [2.45, 2.75) is 24.4 Å². The summed E-state index contributed by atoms with van der Waals surface area (Å²) in [5, 5.41) is 24.9. The average Bonchev–Trinajstić information content (AvgIpc) is 0.827. The summed E-state index contributed by atoms with van der Waals surface area (Å²) in [5.41, 5.74) is 3.71. The average molecular weight is 1930 g/mol. The van der Waals surface area contributed by atoms with Crippen molar-refractivity contribution in [3.05, 3.63) is 276 Å². The molecule has 20 N–H and O–H groups in total. The molecular weight excluding hydrogens is 1860 g/mol. The van der Waals surface area contributed by atoms with E-state index in [4.69, 9.17) is 32.9 Å². The first-order chi connectivity index (χ1) is 63.3.